The second-order valence-electron chi connectivity index (χ2n) is 5.12. The number of carbonyl (C=O) groups excluding carboxylic acids is 1. The van der Waals surface area contributed by atoms with E-state index >= 15 is 0 Å². The van der Waals surface area contributed by atoms with Gasteiger partial charge in [0.05, 0.1) is 7.11 Å². The maximum atomic E-state index is 11.3. The Labute approximate surface area is 134 Å². The molecule has 0 N–H and O–H groups in total. The van der Waals surface area contributed by atoms with Gasteiger partial charge in [-0.15, -0.1) is 0 Å². The van der Waals surface area contributed by atoms with Gasteiger partial charge in [-0.2, -0.15) is 0 Å². The largest absolute Gasteiger partial charge is 0.466 e. The highest BCUT2D eigenvalue weighted by Crippen LogP contribution is 2.35. The van der Waals surface area contributed by atoms with E-state index in [1.165, 1.54) is 13.2 Å². The number of allylic oxidation sites excluding steroid dienone is 1. The van der Waals surface area contributed by atoms with Crippen molar-refractivity contribution in [3.63, 3.8) is 0 Å². The number of hydrogen-bond donors (Lipinski definition) is 0. The van der Waals surface area contributed by atoms with Crippen molar-refractivity contribution in [2.45, 2.75) is 31.7 Å². The van der Waals surface area contributed by atoms with Gasteiger partial charge < -0.3 is 14.2 Å². The van der Waals surface area contributed by atoms with Crippen molar-refractivity contribution < 1.29 is 23.9 Å². The van der Waals surface area contributed by atoms with Crippen molar-refractivity contribution in [3.8, 4) is 11.5 Å². The second-order valence-corrected chi connectivity index (χ2v) is 5.12. The summed E-state index contributed by atoms with van der Waals surface area (Å²) in [6, 6.07) is 4.31. The number of methoxy groups -OCH3 is 1. The number of carbonyl (C=O) groups is 1. The number of nitro groups is 1. The average molecular weight is 321 g/mol. The van der Waals surface area contributed by atoms with Crippen LogP contribution in [0.2, 0.25) is 0 Å². The van der Waals surface area contributed by atoms with Crippen LogP contribution in [0.4, 0.5) is 0 Å². The number of ether oxygens (including phenoxy) is 3. The molecule has 0 radical (unpaired) electrons. The minimum Gasteiger partial charge on any atom is -0.466 e. The van der Waals surface area contributed by atoms with Crippen LogP contribution in [-0.4, -0.2) is 24.8 Å². The summed E-state index contributed by atoms with van der Waals surface area (Å²) in [5.74, 6) is 0.771. The molecule has 1 aromatic rings. The van der Waals surface area contributed by atoms with E-state index in [1.807, 2.05) is 0 Å². The molecular weight excluding hydrogens is 302 g/mol. The summed E-state index contributed by atoms with van der Waals surface area (Å²) in [7, 11) is 1.32. The summed E-state index contributed by atoms with van der Waals surface area (Å²) in [6.45, 7) is 0.147. The lowest BCUT2D eigenvalue weighted by Crippen LogP contribution is -2.10. The predicted molar refractivity (Wildman–Crippen MR) is 81.9 cm³/mol. The first-order chi connectivity index (χ1) is 11.1. The van der Waals surface area contributed by atoms with Crippen LogP contribution in [0.25, 0.3) is 0 Å². The summed E-state index contributed by atoms with van der Waals surface area (Å²) in [6.07, 6.45) is 5.64. The van der Waals surface area contributed by atoms with Gasteiger partial charge >= 0.3 is 5.97 Å². The molecule has 124 valence electrons. The molecule has 1 aromatic carbocycles. The third-order valence-corrected chi connectivity index (χ3v) is 3.59. The number of hydrogen-bond acceptors (Lipinski definition) is 6. The highest BCUT2D eigenvalue weighted by Gasteiger charge is 2.25. The van der Waals surface area contributed by atoms with Crippen LogP contribution < -0.4 is 9.47 Å². The van der Waals surface area contributed by atoms with E-state index in [2.05, 4.69) is 4.74 Å². The van der Waals surface area contributed by atoms with Crippen LogP contribution in [0, 0.1) is 10.1 Å². The molecule has 0 spiro atoms. The minimum atomic E-state index is -0.769. The Kier molecular flexibility index (Phi) is 5.96. The SMILES string of the molecule is COC(=O)/C=C/CCCCC(c1ccc2c(c1)OCO2)[N+](=O)[O-]. The molecule has 0 bridgehead atoms. The van der Waals surface area contributed by atoms with E-state index in [4.69, 9.17) is 9.47 Å². The highest BCUT2D eigenvalue weighted by molar-refractivity contribution is 5.81. The molecule has 1 unspecified atom stereocenters. The van der Waals surface area contributed by atoms with E-state index < -0.39 is 12.0 Å². The summed E-state index contributed by atoms with van der Waals surface area (Å²) in [5.41, 5.74) is 0.615. The molecule has 1 heterocycles. The second kappa shape index (κ2) is 8.17. The van der Waals surface area contributed by atoms with E-state index in [0.29, 0.717) is 36.3 Å². The minimum absolute atomic E-state index is 0.147. The maximum absolute atomic E-state index is 11.3. The summed E-state index contributed by atoms with van der Waals surface area (Å²) < 4.78 is 15.0. The maximum Gasteiger partial charge on any atom is 0.330 e. The van der Waals surface area contributed by atoms with E-state index in [-0.39, 0.29) is 11.7 Å². The van der Waals surface area contributed by atoms with E-state index in [0.717, 1.165) is 6.42 Å². The van der Waals surface area contributed by atoms with Gasteiger partial charge in [-0.3, -0.25) is 10.1 Å². The van der Waals surface area contributed by atoms with Crippen molar-refractivity contribution in [2.24, 2.45) is 0 Å². The third kappa shape index (κ3) is 4.70. The fourth-order valence-corrected chi connectivity index (χ4v) is 2.36. The Hall–Kier alpha value is -2.57. The van der Waals surface area contributed by atoms with Crippen LogP contribution >= 0.6 is 0 Å². The Bertz CT molecular complexity index is 598. The van der Waals surface area contributed by atoms with Gasteiger partial charge in [-0.05, 0) is 37.5 Å². The molecule has 2 rings (SSSR count). The molecule has 0 amide bonds. The first-order valence-electron chi connectivity index (χ1n) is 7.39. The van der Waals surface area contributed by atoms with Crippen LogP contribution in [0.15, 0.2) is 30.4 Å². The Morgan fingerprint density at radius 1 is 1.39 bits per heavy atom. The molecular formula is C16H19NO6. The van der Waals surface area contributed by atoms with Crippen LogP contribution in [-0.2, 0) is 9.53 Å². The van der Waals surface area contributed by atoms with E-state index in [9.17, 15) is 14.9 Å². The summed E-state index contributed by atoms with van der Waals surface area (Å²) in [4.78, 5) is 21.9. The monoisotopic (exact) mass is 321 g/mol. The van der Waals surface area contributed by atoms with Crippen LogP contribution in [0.5, 0.6) is 11.5 Å². The molecule has 0 fully saturated rings. The Morgan fingerprint density at radius 3 is 2.91 bits per heavy atom. The molecule has 1 aliphatic rings. The summed E-state index contributed by atoms with van der Waals surface area (Å²) in [5, 5.41) is 11.3. The van der Waals surface area contributed by atoms with E-state index in [1.54, 1.807) is 24.3 Å². The molecule has 7 nitrogen and oxygen atoms in total. The van der Waals surface area contributed by atoms with Crippen molar-refractivity contribution in [1.82, 2.24) is 0 Å². The Morgan fingerprint density at radius 2 is 2.17 bits per heavy atom. The van der Waals surface area contributed by atoms with Crippen molar-refractivity contribution >= 4 is 5.97 Å². The molecule has 7 heteroatoms. The van der Waals surface area contributed by atoms with Gasteiger partial charge in [0.2, 0.25) is 12.8 Å². The molecule has 0 aromatic heterocycles. The number of rotatable bonds is 8. The number of fused-ring (bicyclic) bond motifs is 1. The zero-order chi connectivity index (χ0) is 16.7. The lowest BCUT2D eigenvalue weighted by atomic mass is 10.0. The summed E-state index contributed by atoms with van der Waals surface area (Å²) >= 11 is 0. The van der Waals surface area contributed by atoms with Gasteiger partial charge in [0, 0.05) is 23.0 Å². The van der Waals surface area contributed by atoms with Gasteiger partial charge in [-0.25, -0.2) is 4.79 Å². The number of esters is 1. The quantitative estimate of drug-likeness (QED) is 0.240. The molecule has 0 aliphatic carbocycles. The lowest BCUT2D eigenvalue weighted by molar-refractivity contribution is -0.530. The number of unbranched alkanes of at least 4 members (excludes halogenated alkanes) is 2. The fourth-order valence-electron chi connectivity index (χ4n) is 2.36. The zero-order valence-corrected chi connectivity index (χ0v) is 12.9. The topological polar surface area (TPSA) is 87.9 Å². The lowest BCUT2D eigenvalue weighted by Gasteiger charge is -2.10. The molecule has 1 atom stereocenters. The predicted octanol–water partition coefficient (Wildman–Crippen LogP) is 3.02. The van der Waals surface area contributed by atoms with Gasteiger partial charge in [0.25, 0.3) is 0 Å². The van der Waals surface area contributed by atoms with Gasteiger partial charge in [0.1, 0.15) is 0 Å². The third-order valence-electron chi connectivity index (χ3n) is 3.59. The number of nitrogens with zero attached hydrogens (tertiary/aromatic N) is 1. The molecule has 0 saturated carbocycles. The van der Waals surface area contributed by atoms with Gasteiger partial charge in [-0.1, -0.05) is 6.08 Å². The van der Waals surface area contributed by atoms with Crippen molar-refractivity contribution in [3.05, 3.63) is 46.0 Å². The van der Waals surface area contributed by atoms with Crippen molar-refractivity contribution in [2.75, 3.05) is 13.9 Å². The normalized spacial score (nSPS) is 14.0. The Balaban J connectivity index is 1.86. The standard InChI is InChI=1S/C16H19NO6/c1-21-16(18)7-5-3-2-4-6-13(17(19)20)12-8-9-14-15(10-12)23-11-22-14/h5,7-10,13H,2-4,6,11H2,1H3/b7-5+. The van der Waals surface area contributed by atoms with Crippen LogP contribution in [0.3, 0.4) is 0 Å². The zero-order valence-electron chi connectivity index (χ0n) is 12.9. The smallest absolute Gasteiger partial charge is 0.330 e. The van der Waals surface area contributed by atoms with Gasteiger partial charge in [0.15, 0.2) is 11.5 Å². The van der Waals surface area contributed by atoms with Crippen LogP contribution in [0.1, 0.15) is 37.3 Å². The van der Waals surface area contributed by atoms with Crippen molar-refractivity contribution in [1.29, 1.82) is 0 Å². The first-order valence-corrected chi connectivity index (χ1v) is 7.39. The first kappa shape index (κ1) is 16.8. The highest BCUT2D eigenvalue weighted by atomic mass is 16.7. The molecule has 1 aliphatic heterocycles. The average Bonchev–Trinajstić information content (AvgIpc) is 3.00. The molecule has 23 heavy (non-hydrogen) atoms. The molecule has 0 saturated heterocycles. The fraction of sp³-hybridized carbons (Fsp3) is 0.438. The number of benzene rings is 1.